The third-order valence-electron chi connectivity index (χ3n) is 3.87. The zero-order chi connectivity index (χ0) is 17.5. The van der Waals surface area contributed by atoms with Crippen LogP contribution in [0.25, 0.3) is 0 Å². The van der Waals surface area contributed by atoms with E-state index in [9.17, 15) is 19.6 Å². The summed E-state index contributed by atoms with van der Waals surface area (Å²) in [5.41, 5.74) is 0.861. The molecular weight excluding hydrogens is 311 g/mol. The smallest absolute Gasteiger partial charge is 0.444 e. The summed E-state index contributed by atoms with van der Waals surface area (Å²) in [5, 5.41) is 21.4. The molecule has 1 aliphatic heterocycles. The van der Waals surface area contributed by atoms with Crippen molar-refractivity contribution >= 4 is 19.1 Å². The number of benzene rings is 1. The molecule has 1 heterocycles. The summed E-state index contributed by atoms with van der Waals surface area (Å²) in [7, 11) is -1.71. The third-order valence-corrected chi connectivity index (χ3v) is 3.87. The van der Waals surface area contributed by atoms with Crippen LogP contribution in [0.2, 0.25) is 0 Å². The second kappa shape index (κ2) is 8.51. The molecule has 0 saturated carbocycles. The van der Waals surface area contributed by atoms with E-state index in [1.165, 1.54) is 6.08 Å². The largest absolute Gasteiger partial charge is 0.475 e. The van der Waals surface area contributed by atoms with Crippen molar-refractivity contribution < 1.29 is 24.4 Å². The molecule has 24 heavy (non-hydrogen) atoms. The van der Waals surface area contributed by atoms with Gasteiger partial charge in [-0.25, -0.2) is 4.79 Å². The van der Waals surface area contributed by atoms with Crippen LogP contribution in [0.3, 0.4) is 0 Å². The van der Waals surface area contributed by atoms with Gasteiger partial charge in [-0.3, -0.25) is 4.79 Å². The van der Waals surface area contributed by atoms with E-state index in [0.29, 0.717) is 19.5 Å². The van der Waals surface area contributed by atoms with Gasteiger partial charge in [0.1, 0.15) is 6.10 Å². The fraction of sp³-hybridized carbons (Fsp3) is 0.375. The number of nitrogens with zero attached hydrogens (tertiary/aromatic N) is 1. The van der Waals surface area contributed by atoms with Crippen molar-refractivity contribution in [2.24, 2.45) is 0 Å². The number of rotatable bonds is 6. The average molecular weight is 332 g/mol. The molecule has 7 nitrogen and oxygen atoms in total. The second-order valence-corrected chi connectivity index (χ2v) is 5.66. The summed E-state index contributed by atoms with van der Waals surface area (Å²) in [6.07, 6.45) is 0.877. The lowest BCUT2D eigenvalue weighted by Gasteiger charge is -2.20. The predicted octanol–water partition coefficient (Wildman–Crippen LogP) is 0.123. The number of carbonyl (C=O) groups excluding carboxylic acids is 2. The predicted molar refractivity (Wildman–Crippen MR) is 88.9 cm³/mol. The Morgan fingerprint density at radius 3 is 2.75 bits per heavy atom. The minimum atomic E-state index is -1.71. The van der Waals surface area contributed by atoms with E-state index in [0.717, 1.165) is 5.56 Å². The summed E-state index contributed by atoms with van der Waals surface area (Å²) in [6, 6.07) is 9.18. The molecule has 3 N–H and O–H groups in total. The summed E-state index contributed by atoms with van der Waals surface area (Å²) in [4.78, 5) is 25.0. The first kappa shape index (κ1) is 18.0. The van der Waals surface area contributed by atoms with Crippen molar-refractivity contribution in [3.63, 3.8) is 0 Å². The molecule has 0 aromatic heterocycles. The Labute approximate surface area is 141 Å². The highest BCUT2D eigenvalue weighted by Gasteiger charge is 2.30. The number of ether oxygens (including phenoxy) is 1. The highest BCUT2D eigenvalue weighted by Crippen LogP contribution is 2.13. The van der Waals surface area contributed by atoms with Gasteiger partial charge in [-0.1, -0.05) is 36.9 Å². The van der Waals surface area contributed by atoms with Crippen molar-refractivity contribution in [2.45, 2.75) is 24.9 Å². The van der Waals surface area contributed by atoms with Crippen LogP contribution in [-0.2, 0) is 16.0 Å². The van der Waals surface area contributed by atoms with E-state index in [1.807, 2.05) is 30.3 Å². The van der Waals surface area contributed by atoms with Gasteiger partial charge in [-0.05, 0) is 18.1 Å². The number of likely N-dealkylation sites (tertiary alicyclic amines) is 1. The van der Waals surface area contributed by atoms with Crippen molar-refractivity contribution in [3.8, 4) is 0 Å². The summed E-state index contributed by atoms with van der Waals surface area (Å²) >= 11 is 0. The van der Waals surface area contributed by atoms with Crippen molar-refractivity contribution in [1.82, 2.24) is 10.2 Å². The van der Waals surface area contributed by atoms with Crippen molar-refractivity contribution in [3.05, 3.63) is 48.6 Å². The third kappa shape index (κ3) is 5.11. The molecule has 2 amide bonds. The fourth-order valence-electron chi connectivity index (χ4n) is 2.59. The molecule has 1 aromatic rings. The van der Waals surface area contributed by atoms with Crippen LogP contribution < -0.4 is 5.32 Å². The molecule has 1 aliphatic rings. The maximum Gasteiger partial charge on any atom is 0.475 e. The van der Waals surface area contributed by atoms with Gasteiger partial charge in [0.15, 0.2) is 0 Å². The summed E-state index contributed by atoms with van der Waals surface area (Å²) < 4.78 is 5.25. The van der Waals surface area contributed by atoms with Crippen LogP contribution in [0.15, 0.2) is 43.0 Å². The molecule has 0 bridgehead atoms. The maximum atomic E-state index is 12.0. The minimum absolute atomic E-state index is 0.200. The number of carbonyl (C=O) groups is 2. The standard InChI is InChI=1S/C16H21BN2O5/c1-2-15(20)19-9-8-13(11-19)24-16(21)18-14(17(22)23)10-12-6-4-3-5-7-12/h2-7,13-14,22-23H,1,8-11H2,(H,18,21)/t13-,14?/m0/s1. The summed E-state index contributed by atoms with van der Waals surface area (Å²) in [6.45, 7) is 4.23. The number of nitrogens with one attached hydrogen (secondary N) is 1. The molecule has 1 unspecified atom stereocenters. The first-order chi connectivity index (χ1) is 11.5. The van der Waals surface area contributed by atoms with E-state index in [1.54, 1.807) is 4.90 Å². The Hall–Kier alpha value is -2.32. The van der Waals surface area contributed by atoms with Gasteiger partial charge in [0.05, 0.1) is 12.5 Å². The monoisotopic (exact) mass is 332 g/mol. The zero-order valence-electron chi connectivity index (χ0n) is 13.3. The lowest BCUT2D eigenvalue weighted by molar-refractivity contribution is -0.125. The molecule has 0 spiro atoms. The van der Waals surface area contributed by atoms with E-state index in [2.05, 4.69) is 11.9 Å². The number of hydrogen-bond acceptors (Lipinski definition) is 5. The maximum absolute atomic E-state index is 12.0. The normalized spacial score (nSPS) is 17.9. The number of amides is 2. The second-order valence-electron chi connectivity index (χ2n) is 5.66. The Kier molecular flexibility index (Phi) is 6.40. The van der Waals surface area contributed by atoms with Crippen LogP contribution in [0.1, 0.15) is 12.0 Å². The highest BCUT2D eigenvalue weighted by atomic mass is 16.6. The van der Waals surface area contributed by atoms with E-state index < -0.39 is 25.3 Å². The van der Waals surface area contributed by atoms with Gasteiger partial charge in [-0.2, -0.15) is 0 Å². The van der Waals surface area contributed by atoms with Gasteiger partial charge in [0.2, 0.25) is 5.91 Å². The van der Waals surface area contributed by atoms with Crippen LogP contribution in [-0.4, -0.2) is 59.2 Å². The first-order valence-corrected chi connectivity index (χ1v) is 7.78. The van der Waals surface area contributed by atoms with Gasteiger partial charge in [-0.15, -0.1) is 0 Å². The Bertz CT molecular complexity index is 581. The first-order valence-electron chi connectivity index (χ1n) is 7.78. The van der Waals surface area contributed by atoms with Crippen molar-refractivity contribution in [1.29, 1.82) is 0 Å². The molecule has 2 rings (SSSR count). The molecule has 1 fully saturated rings. The molecule has 1 saturated heterocycles. The van der Waals surface area contributed by atoms with Gasteiger partial charge < -0.3 is 25.0 Å². The SMILES string of the molecule is C=CC(=O)N1CC[C@H](OC(=O)NC(Cc2ccccc2)B(O)O)C1. The molecule has 128 valence electrons. The number of alkyl carbamates (subject to hydrolysis) is 1. The van der Waals surface area contributed by atoms with E-state index in [-0.39, 0.29) is 12.3 Å². The lowest BCUT2D eigenvalue weighted by Crippen LogP contribution is -2.48. The molecule has 8 heteroatoms. The average Bonchev–Trinajstić information content (AvgIpc) is 3.02. The highest BCUT2D eigenvalue weighted by molar-refractivity contribution is 6.43. The lowest BCUT2D eigenvalue weighted by atomic mass is 9.76. The zero-order valence-corrected chi connectivity index (χ0v) is 13.3. The van der Waals surface area contributed by atoms with E-state index in [4.69, 9.17) is 4.74 Å². The van der Waals surface area contributed by atoms with Gasteiger partial charge >= 0.3 is 13.2 Å². The number of hydrogen-bond donors (Lipinski definition) is 3. The molecule has 0 radical (unpaired) electrons. The fourth-order valence-corrected chi connectivity index (χ4v) is 2.59. The van der Waals surface area contributed by atoms with Crippen LogP contribution in [0.4, 0.5) is 4.79 Å². The van der Waals surface area contributed by atoms with Crippen LogP contribution >= 0.6 is 0 Å². The molecule has 1 aromatic carbocycles. The minimum Gasteiger partial charge on any atom is -0.444 e. The van der Waals surface area contributed by atoms with Crippen LogP contribution in [0.5, 0.6) is 0 Å². The van der Waals surface area contributed by atoms with Crippen molar-refractivity contribution in [2.75, 3.05) is 13.1 Å². The molecule has 0 aliphatic carbocycles. The Balaban J connectivity index is 1.85. The Morgan fingerprint density at radius 2 is 2.12 bits per heavy atom. The topological polar surface area (TPSA) is 99.1 Å². The Morgan fingerprint density at radius 1 is 1.42 bits per heavy atom. The van der Waals surface area contributed by atoms with Gasteiger partial charge in [0.25, 0.3) is 0 Å². The quantitative estimate of drug-likeness (QED) is 0.508. The summed E-state index contributed by atoms with van der Waals surface area (Å²) in [5.74, 6) is -1.08. The molecular formula is C16H21BN2O5. The van der Waals surface area contributed by atoms with Gasteiger partial charge in [0, 0.05) is 13.0 Å². The van der Waals surface area contributed by atoms with E-state index >= 15 is 0 Å². The molecule has 2 atom stereocenters. The van der Waals surface area contributed by atoms with Crippen LogP contribution in [0, 0.1) is 0 Å².